The van der Waals surface area contributed by atoms with E-state index in [1.165, 1.54) is 9.13 Å². The Bertz CT molecular complexity index is 1330. The Balaban J connectivity index is 1.73. The summed E-state index contributed by atoms with van der Waals surface area (Å²) in [5.74, 6) is 0.656. The Kier molecular flexibility index (Phi) is 6.87. The van der Waals surface area contributed by atoms with Crippen molar-refractivity contribution in [3.05, 3.63) is 91.8 Å². The van der Waals surface area contributed by atoms with Gasteiger partial charge in [-0.25, -0.2) is 9.78 Å². The van der Waals surface area contributed by atoms with Gasteiger partial charge in [0.2, 0.25) is 0 Å². The number of nitrogens with zero attached hydrogens (tertiary/aromatic N) is 4. The smallest absolute Gasteiger partial charge is 0.333 e. The molecule has 4 rings (SSSR count). The third kappa shape index (κ3) is 4.68. The highest BCUT2D eigenvalue weighted by Crippen LogP contribution is 2.17. The predicted molar refractivity (Wildman–Crippen MR) is 125 cm³/mol. The van der Waals surface area contributed by atoms with Crippen LogP contribution in [0.25, 0.3) is 11.2 Å². The van der Waals surface area contributed by atoms with Gasteiger partial charge in [-0.15, -0.1) is 0 Å². The molecule has 0 radical (unpaired) electrons. The van der Waals surface area contributed by atoms with Gasteiger partial charge in [-0.1, -0.05) is 52.3 Å². The molecule has 9 heteroatoms. The first-order valence-electron chi connectivity index (χ1n) is 10.2. The summed E-state index contributed by atoms with van der Waals surface area (Å²) < 4.78 is 16.3. The topological polar surface area (TPSA) is 80.3 Å². The zero-order chi connectivity index (χ0) is 22.5. The van der Waals surface area contributed by atoms with E-state index in [-0.39, 0.29) is 18.7 Å². The van der Waals surface area contributed by atoms with E-state index in [1.54, 1.807) is 18.0 Å². The minimum absolute atomic E-state index is 0.115. The molecule has 0 aliphatic carbocycles. The molecule has 32 heavy (non-hydrogen) atoms. The van der Waals surface area contributed by atoms with Crippen LogP contribution in [0.4, 0.5) is 0 Å². The second-order valence-corrected chi connectivity index (χ2v) is 8.14. The van der Waals surface area contributed by atoms with Crippen LogP contribution >= 0.6 is 15.9 Å². The van der Waals surface area contributed by atoms with Crippen LogP contribution in [0.15, 0.2) is 75.0 Å². The van der Waals surface area contributed by atoms with Crippen LogP contribution in [-0.4, -0.2) is 39.0 Å². The number of rotatable bonds is 9. The summed E-state index contributed by atoms with van der Waals surface area (Å²) in [5.41, 5.74) is 0.879. The molecular weight excluding hydrogens is 476 g/mol. The fourth-order valence-corrected chi connectivity index (χ4v) is 3.89. The van der Waals surface area contributed by atoms with Gasteiger partial charge < -0.3 is 14.0 Å². The Morgan fingerprint density at radius 3 is 2.53 bits per heavy atom. The average molecular weight is 499 g/mol. The molecular formula is C23H23BrN4O4. The lowest BCUT2D eigenvalue weighted by Gasteiger charge is -2.13. The maximum Gasteiger partial charge on any atom is 0.333 e. The summed E-state index contributed by atoms with van der Waals surface area (Å²) in [6.45, 7) is 1.48. The van der Waals surface area contributed by atoms with E-state index in [1.807, 2.05) is 54.6 Å². The van der Waals surface area contributed by atoms with E-state index in [4.69, 9.17) is 9.47 Å². The summed E-state index contributed by atoms with van der Waals surface area (Å²) in [5, 5.41) is 0. The Morgan fingerprint density at radius 1 is 0.969 bits per heavy atom. The highest BCUT2D eigenvalue weighted by molar-refractivity contribution is 9.10. The lowest BCUT2D eigenvalue weighted by Crippen LogP contribution is -2.42. The third-order valence-electron chi connectivity index (χ3n) is 5.08. The molecule has 0 amide bonds. The summed E-state index contributed by atoms with van der Waals surface area (Å²) in [4.78, 5) is 31.0. The molecule has 2 heterocycles. The second-order valence-electron chi connectivity index (χ2n) is 7.22. The van der Waals surface area contributed by atoms with Crippen molar-refractivity contribution in [1.29, 1.82) is 0 Å². The minimum Gasteiger partial charge on any atom is -0.492 e. The average Bonchev–Trinajstić information content (AvgIpc) is 3.22. The molecule has 0 unspecified atom stereocenters. The van der Waals surface area contributed by atoms with Crippen molar-refractivity contribution in [3.8, 4) is 5.75 Å². The normalized spacial score (nSPS) is 11.2. The predicted octanol–water partition coefficient (Wildman–Crippen LogP) is 2.90. The second kappa shape index (κ2) is 9.97. The van der Waals surface area contributed by atoms with Crippen LogP contribution in [0.2, 0.25) is 0 Å². The van der Waals surface area contributed by atoms with Crippen molar-refractivity contribution in [2.24, 2.45) is 0 Å². The maximum atomic E-state index is 13.3. The number of halogens is 1. The summed E-state index contributed by atoms with van der Waals surface area (Å²) in [6, 6.07) is 17.0. The van der Waals surface area contributed by atoms with Gasteiger partial charge in [0.25, 0.3) is 5.56 Å². The van der Waals surface area contributed by atoms with Gasteiger partial charge in [-0.3, -0.25) is 13.9 Å². The lowest BCUT2D eigenvalue weighted by atomic mass is 10.2. The number of aromatic nitrogens is 4. The zero-order valence-corrected chi connectivity index (χ0v) is 19.2. The molecule has 166 valence electrons. The molecule has 2 aromatic carbocycles. The third-order valence-corrected chi connectivity index (χ3v) is 5.58. The van der Waals surface area contributed by atoms with E-state index >= 15 is 0 Å². The number of ether oxygens (including phenoxy) is 2. The van der Waals surface area contributed by atoms with Crippen LogP contribution in [0.3, 0.4) is 0 Å². The van der Waals surface area contributed by atoms with Gasteiger partial charge in [-0.05, 0) is 23.8 Å². The zero-order valence-electron chi connectivity index (χ0n) is 17.6. The fourth-order valence-electron chi connectivity index (χ4n) is 3.52. The van der Waals surface area contributed by atoms with E-state index in [0.717, 1.165) is 10.0 Å². The van der Waals surface area contributed by atoms with Crippen LogP contribution in [0, 0.1) is 0 Å². The molecule has 0 spiro atoms. The molecule has 0 saturated heterocycles. The first kappa shape index (κ1) is 22.0. The Hall–Kier alpha value is -3.17. The standard InChI is InChI=1S/C23H23BrN4O4/c1-31-12-10-26-16-25-21-20(26)22(29)27(11-13-32-19-9-5-8-18(24)14-19)23(30)28(21)15-17-6-3-2-4-7-17/h2-9,14,16H,10-13,15H2,1H3. The monoisotopic (exact) mass is 498 g/mol. The van der Waals surface area contributed by atoms with E-state index in [2.05, 4.69) is 20.9 Å². The SMILES string of the molecule is COCCn1cnc2c1c(=O)n(CCOc1cccc(Br)c1)c(=O)n2Cc1ccccc1. The van der Waals surface area contributed by atoms with Crippen molar-refractivity contribution in [3.63, 3.8) is 0 Å². The largest absolute Gasteiger partial charge is 0.492 e. The van der Waals surface area contributed by atoms with Crippen LogP contribution < -0.4 is 16.0 Å². The van der Waals surface area contributed by atoms with Crippen molar-refractivity contribution in [2.75, 3.05) is 20.3 Å². The number of hydrogen-bond donors (Lipinski definition) is 0. The number of fused-ring (bicyclic) bond motifs is 1. The molecule has 0 aliphatic rings. The molecule has 0 atom stereocenters. The van der Waals surface area contributed by atoms with Gasteiger partial charge in [0.05, 0.1) is 26.0 Å². The highest BCUT2D eigenvalue weighted by Gasteiger charge is 2.18. The summed E-state index contributed by atoms with van der Waals surface area (Å²) >= 11 is 3.41. The first-order valence-corrected chi connectivity index (χ1v) is 11.0. The molecule has 0 bridgehead atoms. The Morgan fingerprint density at radius 2 is 1.78 bits per heavy atom. The first-order chi connectivity index (χ1) is 15.6. The molecule has 4 aromatic rings. The fraction of sp³-hybridized carbons (Fsp3) is 0.261. The van der Waals surface area contributed by atoms with Crippen LogP contribution in [-0.2, 0) is 24.4 Å². The van der Waals surface area contributed by atoms with Crippen molar-refractivity contribution >= 4 is 27.1 Å². The minimum atomic E-state index is -0.416. The van der Waals surface area contributed by atoms with Crippen LogP contribution in [0.5, 0.6) is 5.75 Å². The van der Waals surface area contributed by atoms with E-state index < -0.39 is 5.69 Å². The van der Waals surface area contributed by atoms with Gasteiger partial charge in [-0.2, -0.15) is 0 Å². The summed E-state index contributed by atoms with van der Waals surface area (Å²) in [7, 11) is 1.60. The quantitative estimate of drug-likeness (QED) is 0.354. The van der Waals surface area contributed by atoms with Crippen LogP contribution in [0.1, 0.15) is 5.56 Å². The highest BCUT2D eigenvalue weighted by atomic mass is 79.9. The van der Waals surface area contributed by atoms with Crippen molar-refractivity contribution < 1.29 is 9.47 Å². The van der Waals surface area contributed by atoms with E-state index in [0.29, 0.717) is 36.6 Å². The maximum absolute atomic E-state index is 13.3. The van der Waals surface area contributed by atoms with Gasteiger partial charge in [0.15, 0.2) is 11.2 Å². The van der Waals surface area contributed by atoms with Gasteiger partial charge in [0, 0.05) is 18.1 Å². The van der Waals surface area contributed by atoms with Crippen molar-refractivity contribution in [1.82, 2.24) is 18.7 Å². The molecule has 0 aliphatic heterocycles. The molecule has 8 nitrogen and oxygen atoms in total. The molecule has 0 N–H and O–H groups in total. The number of hydrogen-bond acceptors (Lipinski definition) is 5. The van der Waals surface area contributed by atoms with E-state index in [9.17, 15) is 9.59 Å². The number of methoxy groups -OCH3 is 1. The number of benzene rings is 2. The molecule has 2 aromatic heterocycles. The van der Waals surface area contributed by atoms with Gasteiger partial charge in [0.1, 0.15) is 12.4 Å². The molecule has 0 fully saturated rings. The lowest BCUT2D eigenvalue weighted by molar-refractivity contribution is 0.188. The summed E-state index contributed by atoms with van der Waals surface area (Å²) in [6.07, 6.45) is 1.58. The van der Waals surface area contributed by atoms with Crippen molar-refractivity contribution in [2.45, 2.75) is 19.6 Å². The number of imidazole rings is 1. The van der Waals surface area contributed by atoms with Gasteiger partial charge >= 0.3 is 5.69 Å². The Labute approximate surface area is 192 Å². The molecule has 0 saturated carbocycles.